The molecule has 1 aliphatic heterocycles. The van der Waals surface area contributed by atoms with Crippen molar-refractivity contribution < 1.29 is 9.90 Å². The molecule has 3 N–H and O–H groups in total. The maximum atomic E-state index is 12.0. The topological polar surface area (TPSA) is 66.6 Å². The van der Waals surface area contributed by atoms with Gasteiger partial charge in [0.25, 0.3) is 0 Å². The Bertz CT molecular complexity index is 399. The second kappa shape index (κ2) is 4.47. The molecule has 0 aromatic heterocycles. The molecule has 2 rings (SSSR count). The van der Waals surface area contributed by atoms with Crippen LogP contribution in [0.15, 0.2) is 30.3 Å². The van der Waals surface area contributed by atoms with E-state index in [2.05, 4.69) is 0 Å². The molecule has 0 saturated carbocycles. The highest BCUT2D eigenvalue weighted by molar-refractivity contribution is 5.84. The van der Waals surface area contributed by atoms with E-state index in [0.29, 0.717) is 19.5 Å². The Morgan fingerprint density at radius 3 is 2.59 bits per heavy atom. The third-order valence-electron chi connectivity index (χ3n) is 3.36. The molecule has 1 atom stereocenters. The number of carbonyl (C=O) groups excluding carboxylic acids is 1. The molecular weight excluding hydrogens is 216 g/mol. The number of nitrogens with zero attached hydrogens (tertiary/aromatic N) is 1. The minimum atomic E-state index is -0.702. The molecule has 0 unspecified atom stereocenters. The number of likely N-dealkylation sites (tertiary alicyclic amines) is 1. The molecule has 1 aromatic carbocycles. The van der Waals surface area contributed by atoms with Crippen LogP contribution in [0.5, 0.6) is 0 Å². The van der Waals surface area contributed by atoms with Crippen LogP contribution >= 0.6 is 0 Å². The smallest absolute Gasteiger partial charge is 0.244 e. The van der Waals surface area contributed by atoms with Crippen LogP contribution in [0.3, 0.4) is 0 Å². The second-order valence-electron chi connectivity index (χ2n) is 4.66. The van der Waals surface area contributed by atoms with Crippen LogP contribution in [0.1, 0.15) is 24.9 Å². The number of amides is 1. The van der Waals surface area contributed by atoms with Gasteiger partial charge in [0.05, 0.1) is 18.7 Å². The zero-order chi connectivity index (χ0) is 12.5. The lowest BCUT2D eigenvalue weighted by Crippen LogP contribution is -2.64. The van der Waals surface area contributed by atoms with Gasteiger partial charge in [0.2, 0.25) is 5.91 Å². The van der Waals surface area contributed by atoms with E-state index in [-0.39, 0.29) is 5.91 Å². The van der Waals surface area contributed by atoms with E-state index < -0.39 is 11.6 Å². The molecule has 17 heavy (non-hydrogen) atoms. The SMILES string of the molecule is CCC1(O)CN(C(=O)[C@H](N)c2ccccc2)C1. The van der Waals surface area contributed by atoms with Crippen molar-refractivity contribution in [3.63, 3.8) is 0 Å². The second-order valence-corrected chi connectivity index (χ2v) is 4.66. The molecule has 4 heteroatoms. The van der Waals surface area contributed by atoms with E-state index in [1.54, 1.807) is 4.90 Å². The predicted octanol–water partition coefficient (Wildman–Crippen LogP) is 0.670. The summed E-state index contributed by atoms with van der Waals surface area (Å²) in [4.78, 5) is 13.6. The van der Waals surface area contributed by atoms with E-state index in [1.807, 2.05) is 37.3 Å². The number of aliphatic hydroxyl groups is 1. The molecule has 1 aliphatic rings. The lowest BCUT2D eigenvalue weighted by Gasteiger charge is -2.46. The number of carbonyl (C=O) groups is 1. The Kier molecular flexibility index (Phi) is 3.17. The highest BCUT2D eigenvalue weighted by Crippen LogP contribution is 2.26. The van der Waals surface area contributed by atoms with Crippen molar-refractivity contribution in [3.8, 4) is 0 Å². The van der Waals surface area contributed by atoms with Crippen LogP contribution in [0.2, 0.25) is 0 Å². The quantitative estimate of drug-likeness (QED) is 0.807. The zero-order valence-corrected chi connectivity index (χ0v) is 9.97. The zero-order valence-electron chi connectivity index (χ0n) is 9.97. The van der Waals surface area contributed by atoms with Crippen molar-refractivity contribution in [2.75, 3.05) is 13.1 Å². The summed E-state index contributed by atoms with van der Waals surface area (Å²) < 4.78 is 0. The summed E-state index contributed by atoms with van der Waals surface area (Å²) in [5.74, 6) is -0.116. The van der Waals surface area contributed by atoms with E-state index in [4.69, 9.17) is 5.73 Å². The molecule has 0 spiro atoms. The van der Waals surface area contributed by atoms with Gasteiger partial charge >= 0.3 is 0 Å². The van der Waals surface area contributed by atoms with Crippen LogP contribution in [0.25, 0.3) is 0 Å². The Morgan fingerprint density at radius 2 is 2.06 bits per heavy atom. The van der Waals surface area contributed by atoms with E-state index in [9.17, 15) is 9.90 Å². The van der Waals surface area contributed by atoms with Gasteiger partial charge in [-0.1, -0.05) is 37.3 Å². The van der Waals surface area contributed by atoms with Gasteiger partial charge in [-0.05, 0) is 12.0 Å². The fourth-order valence-corrected chi connectivity index (χ4v) is 2.04. The van der Waals surface area contributed by atoms with Crippen LogP contribution in [-0.2, 0) is 4.79 Å². The van der Waals surface area contributed by atoms with Gasteiger partial charge in [0, 0.05) is 0 Å². The molecule has 0 radical (unpaired) electrons. The Morgan fingerprint density at radius 1 is 1.47 bits per heavy atom. The monoisotopic (exact) mass is 234 g/mol. The Hall–Kier alpha value is -1.39. The van der Waals surface area contributed by atoms with Crippen LogP contribution in [-0.4, -0.2) is 34.6 Å². The van der Waals surface area contributed by atoms with Gasteiger partial charge in [-0.15, -0.1) is 0 Å². The number of hydrogen-bond acceptors (Lipinski definition) is 3. The molecule has 0 aliphatic carbocycles. The maximum Gasteiger partial charge on any atom is 0.244 e. The molecular formula is C13H18N2O2. The summed E-state index contributed by atoms with van der Waals surface area (Å²) in [6, 6.07) is 8.67. The average Bonchev–Trinajstić information content (AvgIpc) is 2.34. The van der Waals surface area contributed by atoms with Crippen molar-refractivity contribution >= 4 is 5.91 Å². The normalized spacial score (nSPS) is 19.6. The lowest BCUT2D eigenvalue weighted by atomic mass is 9.90. The van der Waals surface area contributed by atoms with Crippen molar-refractivity contribution in [2.24, 2.45) is 5.73 Å². The summed E-state index contributed by atoms with van der Waals surface area (Å²) in [5.41, 5.74) is 6.01. The third-order valence-corrected chi connectivity index (χ3v) is 3.36. The molecule has 4 nitrogen and oxygen atoms in total. The number of benzene rings is 1. The summed E-state index contributed by atoms with van der Waals surface area (Å²) in [7, 11) is 0. The van der Waals surface area contributed by atoms with E-state index in [1.165, 1.54) is 0 Å². The summed E-state index contributed by atoms with van der Waals surface area (Å²) in [6.45, 7) is 2.70. The van der Waals surface area contributed by atoms with Crippen molar-refractivity contribution in [2.45, 2.75) is 25.0 Å². The number of rotatable bonds is 3. The van der Waals surface area contributed by atoms with Gasteiger partial charge in [0.1, 0.15) is 6.04 Å². The van der Waals surface area contributed by atoms with Gasteiger partial charge in [-0.3, -0.25) is 4.79 Å². The maximum absolute atomic E-state index is 12.0. The van der Waals surface area contributed by atoms with Gasteiger partial charge < -0.3 is 15.7 Å². The highest BCUT2D eigenvalue weighted by atomic mass is 16.3. The largest absolute Gasteiger partial charge is 0.386 e. The first-order valence-electron chi connectivity index (χ1n) is 5.87. The summed E-state index contributed by atoms with van der Waals surface area (Å²) in [6.07, 6.45) is 0.664. The third kappa shape index (κ3) is 2.33. The van der Waals surface area contributed by atoms with Crippen molar-refractivity contribution in [1.29, 1.82) is 0 Å². The minimum absolute atomic E-state index is 0.116. The van der Waals surface area contributed by atoms with Crippen molar-refractivity contribution in [1.82, 2.24) is 4.90 Å². The van der Waals surface area contributed by atoms with Gasteiger partial charge in [-0.2, -0.15) is 0 Å². The average molecular weight is 234 g/mol. The molecule has 1 amide bonds. The highest BCUT2D eigenvalue weighted by Gasteiger charge is 2.43. The van der Waals surface area contributed by atoms with E-state index >= 15 is 0 Å². The molecule has 1 aromatic rings. The van der Waals surface area contributed by atoms with E-state index in [0.717, 1.165) is 5.56 Å². The fraction of sp³-hybridized carbons (Fsp3) is 0.462. The molecule has 1 fully saturated rings. The fourth-order valence-electron chi connectivity index (χ4n) is 2.04. The van der Waals surface area contributed by atoms with Crippen LogP contribution < -0.4 is 5.73 Å². The number of nitrogens with two attached hydrogens (primary N) is 1. The lowest BCUT2D eigenvalue weighted by molar-refractivity contribution is -0.157. The number of hydrogen-bond donors (Lipinski definition) is 2. The first-order valence-corrected chi connectivity index (χ1v) is 5.87. The van der Waals surface area contributed by atoms with Crippen LogP contribution in [0.4, 0.5) is 0 Å². The molecule has 1 heterocycles. The predicted molar refractivity (Wildman–Crippen MR) is 65.2 cm³/mol. The molecule has 0 bridgehead atoms. The number of β-amino-alcohol motifs (C(OH)–C–C–N with tert-alkyl or cyclic N) is 1. The van der Waals surface area contributed by atoms with Gasteiger partial charge in [0.15, 0.2) is 0 Å². The van der Waals surface area contributed by atoms with Crippen molar-refractivity contribution in [3.05, 3.63) is 35.9 Å². The summed E-state index contributed by atoms with van der Waals surface area (Å²) >= 11 is 0. The standard InChI is InChI=1S/C13H18N2O2/c1-2-13(17)8-15(9-13)12(16)11(14)10-6-4-3-5-7-10/h3-7,11,17H,2,8-9,14H2,1H3/t11-/m1/s1. The summed E-state index contributed by atoms with van der Waals surface area (Å²) in [5, 5.41) is 9.86. The Balaban J connectivity index is 1.99. The van der Waals surface area contributed by atoms with Gasteiger partial charge in [-0.25, -0.2) is 0 Å². The molecule has 92 valence electrons. The Labute approximate surface area is 101 Å². The van der Waals surface area contributed by atoms with Crippen LogP contribution in [0, 0.1) is 0 Å². The first kappa shape index (κ1) is 12.1. The minimum Gasteiger partial charge on any atom is -0.386 e. The first-order chi connectivity index (χ1) is 8.06. The molecule has 1 saturated heterocycles.